The first kappa shape index (κ1) is 10.6. The van der Waals surface area contributed by atoms with E-state index in [9.17, 15) is 4.39 Å². The van der Waals surface area contributed by atoms with Gasteiger partial charge in [-0.25, -0.2) is 4.39 Å². The Morgan fingerprint density at radius 1 is 1.47 bits per heavy atom. The summed E-state index contributed by atoms with van der Waals surface area (Å²) >= 11 is 0. The van der Waals surface area contributed by atoms with Gasteiger partial charge in [0, 0.05) is 12.1 Å². The van der Waals surface area contributed by atoms with Crippen molar-refractivity contribution in [3.8, 4) is 0 Å². The minimum absolute atomic E-state index is 0.220. The highest BCUT2D eigenvalue weighted by Gasteiger charge is 2.33. The molecule has 1 fully saturated rings. The molecule has 1 N–H and O–H groups in total. The van der Waals surface area contributed by atoms with Gasteiger partial charge in [-0.15, -0.1) is 0 Å². The molecule has 0 aromatic heterocycles. The molecule has 2 rings (SSSR count). The second kappa shape index (κ2) is 3.91. The van der Waals surface area contributed by atoms with Crippen LogP contribution in [0.2, 0.25) is 0 Å². The zero-order chi connectivity index (χ0) is 10.9. The highest BCUT2D eigenvalue weighted by molar-refractivity contribution is 5.23. The first-order valence-corrected chi connectivity index (χ1v) is 5.26. The van der Waals surface area contributed by atoms with Crippen molar-refractivity contribution in [1.82, 2.24) is 5.32 Å². The van der Waals surface area contributed by atoms with Crippen LogP contribution in [0.15, 0.2) is 24.3 Å². The molecule has 2 atom stereocenters. The van der Waals surface area contributed by atoms with E-state index >= 15 is 0 Å². The number of hydrogen-bond acceptors (Lipinski definition) is 2. The summed E-state index contributed by atoms with van der Waals surface area (Å²) in [4.78, 5) is 0. The largest absolute Gasteiger partial charge is 0.356 e. The highest BCUT2D eigenvalue weighted by Crippen LogP contribution is 2.28. The molecule has 0 spiro atoms. The van der Waals surface area contributed by atoms with Gasteiger partial charge in [0.1, 0.15) is 11.5 Å². The van der Waals surface area contributed by atoms with E-state index < -0.39 is 5.72 Å². The van der Waals surface area contributed by atoms with Gasteiger partial charge in [-0.2, -0.15) is 0 Å². The summed E-state index contributed by atoms with van der Waals surface area (Å²) in [6.45, 7) is 5.49. The molecule has 0 amide bonds. The maximum atomic E-state index is 13.6. The molecule has 3 heteroatoms. The summed E-state index contributed by atoms with van der Waals surface area (Å²) in [5.41, 5.74) is -0.102. The summed E-state index contributed by atoms with van der Waals surface area (Å²) in [6.07, 6.45) is 0. The number of hydrogen-bond donors (Lipinski definition) is 1. The maximum absolute atomic E-state index is 13.6. The predicted molar refractivity (Wildman–Crippen MR) is 56.9 cm³/mol. The van der Waals surface area contributed by atoms with E-state index in [4.69, 9.17) is 4.74 Å². The van der Waals surface area contributed by atoms with E-state index in [1.54, 1.807) is 12.1 Å². The zero-order valence-corrected chi connectivity index (χ0v) is 9.09. The van der Waals surface area contributed by atoms with Gasteiger partial charge in [0.15, 0.2) is 0 Å². The molecule has 2 unspecified atom stereocenters. The van der Waals surface area contributed by atoms with Gasteiger partial charge in [-0.3, -0.25) is 5.32 Å². The van der Waals surface area contributed by atoms with Gasteiger partial charge in [0.25, 0.3) is 0 Å². The highest BCUT2D eigenvalue weighted by atomic mass is 19.1. The average molecular weight is 209 g/mol. The smallest absolute Gasteiger partial charge is 0.145 e. The second-order valence-electron chi connectivity index (χ2n) is 4.31. The Balaban J connectivity index is 2.26. The van der Waals surface area contributed by atoms with Crippen LogP contribution in [0.3, 0.4) is 0 Å². The molecule has 0 bridgehead atoms. The van der Waals surface area contributed by atoms with Crippen molar-refractivity contribution in [2.24, 2.45) is 5.92 Å². The molecule has 1 aromatic rings. The molecule has 1 aromatic carbocycles. The standard InChI is InChI=1S/C12H16FNO/c1-9-7-14-12(2,15-8-9)10-5-3-4-6-11(10)13/h3-6,9,14H,7-8H2,1-2H3. The van der Waals surface area contributed by atoms with Crippen LogP contribution in [0.25, 0.3) is 0 Å². The zero-order valence-electron chi connectivity index (χ0n) is 9.09. The van der Waals surface area contributed by atoms with Crippen LogP contribution in [0.1, 0.15) is 19.4 Å². The Labute approximate surface area is 89.4 Å². The fourth-order valence-corrected chi connectivity index (χ4v) is 1.81. The van der Waals surface area contributed by atoms with Gasteiger partial charge in [-0.05, 0) is 18.9 Å². The van der Waals surface area contributed by atoms with Crippen molar-refractivity contribution in [2.75, 3.05) is 13.2 Å². The van der Waals surface area contributed by atoms with E-state index in [0.717, 1.165) is 6.54 Å². The fourth-order valence-electron chi connectivity index (χ4n) is 1.81. The van der Waals surface area contributed by atoms with Crippen LogP contribution in [0, 0.1) is 11.7 Å². The van der Waals surface area contributed by atoms with Crippen LogP contribution in [0.4, 0.5) is 4.39 Å². The SMILES string of the molecule is CC1CNC(C)(c2ccccc2F)OC1. The molecule has 1 heterocycles. The number of rotatable bonds is 1. The Bertz CT molecular complexity index is 345. The fraction of sp³-hybridized carbons (Fsp3) is 0.500. The summed E-state index contributed by atoms with van der Waals surface area (Å²) in [5.74, 6) is 0.256. The monoisotopic (exact) mass is 209 g/mol. The van der Waals surface area contributed by atoms with E-state index in [1.807, 2.05) is 13.0 Å². The minimum atomic E-state index is -0.683. The Hall–Kier alpha value is -0.930. The maximum Gasteiger partial charge on any atom is 0.145 e. The van der Waals surface area contributed by atoms with Crippen molar-refractivity contribution in [3.05, 3.63) is 35.6 Å². The lowest BCUT2D eigenvalue weighted by Crippen LogP contribution is -2.50. The van der Waals surface area contributed by atoms with Crippen LogP contribution in [0.5, 0.6) is 0 Å². The lowest BCUT2D eigenvalue weighted by molar-refractivity contribution is -0.108. The second-order valence-corrected chi connectivity index (χ2v) is 4.31. The third-order valence-corrected chi connectivity index (χ3v) is 2.83. The molecule has 15 heavy (non-hydrogen) atoms. The summed E-state index contributed by atoms with van der Waals surface area (Å²) < 4.78 is 19.3. The topological polar surface area (TPSA) is 21.3 Å². The normalized spacial score (nSPS) is 31.5. The molecule has 1 aliphatic heterocycles. The molecule has 2 nitrogen and oxygen atoms in total. The summed E-state index contributed by atoms with van der Waals surface area (Å²) in [5, 5.41) is 3.24. The minimum Gasteiger partial charge on any atom is -0.356 e. The average Bonchev–Trinajstić information content (AvgIpc) is 2.23. The van der Waals surface area contributed by atoms with E-state index in [2.05, 4.69) is 12.2 Å². The summed E-state index contributed by atoms with van der Waals surface area (Å²) in [6, 6.07) is 6.74. The van der Waals surface area contributed by atoms with E-state index in [0.29, 0.717) is 18.1 Å². The summed E-state index contributed by atoms with van der Waals surface area (Å²) in [7, 11) is 0. The van der Waals surface area contributed by atoms with Crippen molar-refractivity contribution in [3.63, 3.8) is 0 Å². The van der Waals surface area contributed by atoms with Gasteiger partial charge < -0.3 is 4.74 Å². The van der Waals surface area contributed by atoms with Crippen molar-refractivity contribution >= 4 is 0 Å². The molecule has 0 saturated carbocycles. The molecule has 1 saturated heterocycles. The first-order chi connectivity index (χ1) is 7.12. The van der Waals surface area contributed by atoms with Crippen LogP contribution in [-0.2, 0) is 10.5 Å². The van der Waals surface area contributed by atoms with E-state index in [1.165, 1.54) is 6.07 Å². The van der Waals surface area contributed by atoms with Gasteiger partial charge >= 0.3 is 0 Å². The van der Waals surface area contributed by atoms with Crippen molar-refractivity contribution < 1.29 is 9.13 Å². The van der Waals surface area contributed by atoms with Gasteiger partial charge in [0.2, 0.25) is 0 Å². The van der Waals surface area contributed by atoms with Gasteiger partial charge in [0.05, 0.1) is 6.61 Å². The molecule has 1 aliphatic rings. The Kier molecular flexibility index (Phi) is 2.76. The third-order valence-electron chi connectivity index (χ3n) is 2.83. The lowest BCUT2D eigenvalue weighted by atomic mass is 10.0. The first-order valence-electron chi connectivity index (χ1n) is 5.26. The van der Waals surface area contributed by atoms with Crippen LogP contribution >= 0.6 is 0 Å². The van der Waals surface area contributed by atoms with E-state index in [-0.39, 0.29) is 5.82 Å². The number of benzene rings is 1. The number of nitrogens with one attached hydrogen (secondary N) is 1. The number of halogens is 1. The predicted octanol–water partition coefficient (Wildman–Crippen LogP) is 2.25. The lowest BCUT2D eigenvalue weighted by Gasteiger charge is -2.38. The number of ether oxygens (including phenoxy) is 1. The van der Waals surface area contributed by atoms with Crippen LogP contribution < -0.4 is 5.32 Å². The van der Waals surface area contributed by atoms with Crippen molar-refractivity contribution in [2.45, 2.75) is 19.6 Å². The van der Waals surface area contributed by atoms with Crippen molar-refractivity contribution in [1.29, 1.82) is 0 Å². The molecule has 82 valence electrons. The van der Waals surface area contributed by atoms with Gasteiger partial charge in [-0.1, -0.05) is 25.1 Å². The Morgan fingerprint density at radius 3 is 2.80 bits per heavy atom. The molecular weight excluding hydrogens is 193 g/mol. The molecular formula is C12H16FNO. The Morgan fingerprint density at radius 2 is 2.20 bits per heavy atom. The third kappa shape index (κ3) is 2.03. The van der Waals surface area contributed by atoms with Crippen LogP contribution in [-0.4, -0.2) is 13.2 Å². The molecule has 0 aliphatic carbocycles. The molecule has 0 radical (unpaired) electrons. The quantitative estimate of drug-likeness (QED) is 0.766.